The first kappa shape index (κ1) is 19.8. The zero-order valence-electron chi connectivity index (χ0n) is 15.3. The lowest BCUT2D eigenvalue weighted by molar-refractivity contribution is -0.152. The molecule has 1 saturated carbocycles. The van der Waals surface area contributed by atoms with Crippen LogP contribution in [0.1, 0.15) is 32.4 Å². The first-order chi connectivity index (χ1) is 12.7. The van der Waals surface area contributed by atoms with Crippen molar-refractivity contribution in [3.63, 3.8) is 0 Å². The number of benzene rings is 1. The molecule has 1 amide bonds. The number of ether oxygens (including phenoxy) is 3. The van der Waals surface area contributed by atoms with Gasteiger partial charge in [0.2, 0.25) is 12.7 Å². The van der Waals surface area contributed by atoms with E-state index in [2.05, 4.69) is 5.32 Å². The predicted octanol–water partition coefficient (Wildman–Crippen LogP) is 3.73. The Balaban J connectivity index is 1.77. The fraction of sp³-hybridized carbons (Fsp3) is 0.474. The van der Waals surface area contributed by atoms with E-state index in [1.807, 2.05) is 13.8 Å². The lowest BCUT2D eigenvalue weighted by atomic mass is 10.1. The second-order valence-corrected chi connectivity index (χ2v) is 8.26. The molecule has 0 saturated heterocycles. The Morgan fingerprint density at radius 1 is 1.33 bits per heavy atom. The van der Waals surface area contributed by atoms with Crippen molar-refractivity contribution in [3.05, 3.63) is 34.3 Å². The third-order valence-electron chi connectivity index (χ3n) is 5.03. The molecule has 0 radical (unpaired) electrons. The van der Waals surface area contributed by atoms with Gasteiger partial charge in [-0.3, -0.25) is 9.59 Å². The fourth-order valence-corrected chi connectivity index (χ4v) is 3.64. The largest absolute Gasteiger partial charge is 0.455 e. The average Bonchev–Trinajstić information content (AvgIpc) is 2.94. The smallest absolute Gasteiger partial charge is 0.310 e. The van der Waals surface area contributed by atoms with Crippen molar-refractivity contribution in [1.82, 2.24) is 5.32 Å². The molecule has 3 rings (SSSR count). The maximum Gasteiger partial charge on any atom is 0.310 e. The van der Waals surface area contributed by atoms with Crippen molar-refractivity contribution in [1.29, 1.82) is 0 Å². The van der Waals surface area contributed by atoms with Gasteiger partial charge in [0.1, 0.15) is 10.6 Å². The molecule has 1 fully saturated rings. The van der Waals surface area contributed by atoms with Gasteiger partial charge in [0.25, 0.3) is 0 Å². The number of rotatable bonds is 6. The number of esters is 1. The Morgan fingerprint density at radius 3 is 2.70 bits per heavy atom. The number of nitrogens with one attached hydrogen (secondary N) is 1. The minimum atomic E-state index is -0.650. The van der Waals surface area contributed by atoms with Crippen molar-refractivity contribution in [3.8, 4) is 11.5 Å². The Kier molecular flexibility index (Phi) is 5.58. The zero-order valence-corrected chi connectivity index (χ0v) is 16.8. The first-order valence-electron chi connectivity index (χ1n) is 8.57. The van der Waals surface area contributed by atoms with Gasteiger partial charge < -0.3 is 19.5 Å². The molecule has 1 aliphatic carbocycles. The normalized spacial score (nSPS) is 22.6. The van der Waals surface area contributed by atoms with Crippen molar-refractivity contribution < 1.29 is 23.8 Å². The number of halogens is 2. The van der Waals surface area contributed by atoms with Gasteiger partial charge in [-0.2, -0.15) is 0 Å². The molecule has 3 atom stereocenters. The quantitative estimate of drug-likeness (QED) is 0.719. The molecule has 2 aliphatic rings. The van der Waals surface area contributed by atoms with Gasteiger partial charge in [-0.25, -0.2) is 0 Å². The molecule has 1 N–H and O–H groups in total. The monoisotopic (exact) mass is 413 g/mol. The van der Waals surface area contributed by atoms with Gasteiger partial charge in [0.15, 0.2) is 11.5 Å². The van der Waals surface area contributed by atoms with E-state index in [0.717, 1.165) is 0 Å². The molecule has 0 spiro atoms. The van der Waals surface area contributed by atoms with Crippen molar-refractivity contribution in [2.75, 3.05) is 13.3 Å². The summed E-state index contributed by atoms with van der Waals surface area (Å²) in [6.07, 6.45) is 1.02. The highest BCUT2D eigenvalue weighted by atomic mass is 35.5. The summed E-state index contributed by atoms with van der Waals surface area (Å²) in [5.41, 5.74) is 0.418. The van der Waals surface area contributed by atoms with Crippen molar-refractivity contribution in [2.24, 2.45) is 17.3 Å². The third-order valence-corrected chi connectivity index (χ3v) is 5.29. The van der Waals surface area contributed by atoms with Crippen LogP contribution in [0, 0.1) is 17.3 Å². The van der Waals surface area contributed by atoms with Crippen LogP contribution in [0.5, 0.6) is 11.5 Å². The summed E-state index contributed by atoms with van der Waals surface area (Å²) in [5.74, 6) is 0.209. The molecular weight excluding hydrogens is 393 g/mol. The maximum atomic E-state index is 12.8. The van der Waals surface area contributed by atoms with E-state index in [4.69, 9.17) is 37.4 Å². The van der Waals surface area contributed by atoms with Crippen LogP contribution in [0.3, 0.4) is 0 Å². The van der Waals surface area contributed by atoms with Gasteiger partial charge in [-0.15, -0.1) is 0 Å². The van der Waals surface area contributed by atoms with Crippen molar-refractivity contribution >= 4 is 35.1 Å². The van der Waals surface area contributed by atoms with E-state index in [1.165, 1.54) is 6.92 Å². The minimum Gasteiger partial charge on any atom is -0.455 e. The molecule has 1 heterocycles. The molecule has 8 heteroatoms. The second kappa shape index (κ2) is 7.60. The SMILES string of the molecule is CC(=O)NCC(OC(=O)C1C(C=C(Cl)Cl)C1(C)C)c1ccc2c(c1)OCO2. The Morgan fingerprint density at radius 2 is 2.04 bits per heavy atom. The van der Waals surface area contributed by atoms with Crippen LogP contribution in [0.15, 0.2) is 28.8 Å². The lowest BCUT2D eigenvalue weighted by Crippen LogP contribution is -2.29. The van der Waals surface area contributed by atoms with E-state index in [9.17, 15) is 9.59 Å². The summed E-state index contributed by atoms with van der Waals surface area (Å²) < 4.78 is 16.6. The van der Waals surface area contributed by atoms with Crippen LogP contribution in [-0.2, 0) is 14.3 Å². The highest BCUT2D eigenvalue weighted by Crippen LogP contribution is 2.60. The standard InChI is InChI=1S/C19H21Cl2NO5/c1-10(23)22-8-15(11-4-5-13-14(6-11)26-9-25-13)27-18(24)17-12(7-16(20)21)19(17,2)3/h4-7,12,15,17H,8-9H2,1-3H3,(H,22,23). The number of hydrogen-bond donors (Lipinski definition) is 1. The van der Waals surface area contributed by atoms with Gasteiger partial charge in [-0.1, -0.05) is 43.1 Å². The van der Waals surface area contributed by atoms with Gasteiger partial charge in [-0.05, 0) is 35.1 Å². The number of fused-ring (bicyclic) bond motifs is 1. The minimum absolute atomic E-state index is 0.0897. The van der Waals surface area contributed by atoms with Crippen LogP contribution in [0.25, 0.3) is 0 Å². The fourth-order valence-electron chi connectivity index (χ4n) is 3.37. The Bertz CT molecular complexity index is 788. The van der Waals surface area contributed by atoms with Gasteiger partial charge >= 0.3 is 5.97 Å². The molecular formula is C19H21Cl2NO5. The van der Waals surface area contributed by atoms with E-state index in [1.54, 1.807) is 24.3 Å². The molecule has 0 bridgehead atoms. The van der Waals surface area contributed by atoms with E-state index in [-0.39, 0.29) is 47.0 Å². The number of amides is 1. The van der Waals surface area contributed by atoms with Crippen LogP contribution < -0.4 is 14.8 Å². The van der Waals surface area contributed by atoms with E-state index < -0.39 is 6.10 Å². The molecule has 1 aromatic rings. The number of allylic oxidation sites excluding steroid dienone is 1. The number of carbonyl (C=O) groups excluding carboxylic acids is 2. The average molecular weight is 414 g/mol. The zero-order chi connectivity index (χ0) is 19.8. The Labute approximate surface area is 167 Å². The van der Waals surface area contributed by atoms with E-state index >= 15 is 0 Å². The predicted molar refractivity (Wildman–Crippen MR) is 101 cm³/mol. The van der Waals surface area contributed by atoms with Gasteiger partial charge in [0.05, 0.1) is 12.5 Å². The summed E-state index contributed by atoms with van der Waals surface area (Å²) in [7, 11) is 0. The first-order valence-corrected chi connectivity index (χ1v) is 9.33. The molecule has 3 unspecified atom stereocenters. The van der Waals surface area contributed by atoms with Crippen LogP contribution in [0.4, 0.5) is 0 Å². The van der Waals surface area contributed by atoms with Crippen LogP contribution >= 0.6 is 23.2 Å². The second-order valence-electron chi connectivity index (χ2n) is 7.26. The van der Waals surface area contributed by atoms with Crippen LogP contribution in [-0.4, -0.2) is 25.2 Å². The van der Waals surface area contributed by atoms with E-state index in [0.29, 0.717) is 17.1 Å². The maximum absolute atomic E-state index is 12.8. The van der Waals surface area contributed by atoms with Crippen LogP contribution in [0.2, 0.25) is 0 Å². The highest BCUT2D eigenvalue weighted by molar-refractivity contribution is 6.55. The highest BCUT2D eigenvalue weighted by Gasteiger charge is 2.61. The lowest BCUT2D eigenvalue weighted by Gasteiger charge is -2.19. The molecule has 146 valence electrons. The molecule has 1 aromatic carbocycles. The summed E-state index contributed by atoms with van der Waals surface area (Å²) in [5, 5.41) is 2.70. The number of hydrogen-bond acceptors (Lipinski definition) is 5. The summed E-state index contributed by atoms with van der Waals surface area (Å²) in [6, 6.07) is 5.30. The molecule has 27 heavy (non-hydrogen) atoms. The number of carbonyl (C=O) groups is 2. The third kappa shape index (κ3) is 4.33. The molecule has 1 aliphatic heterocycles. The topological polar surface area (TPSA) is 73.9 Å². The molecule has 0 aromatic heterocycles. The molecule has 6 nitrogen and oxygen atoms in total. The summed E-state index contributed by atoms with van der Waals surface area (Å²) in [4.78, 5) is 24.1. The van der Waals surface area contributed by atoms with Crippen molar-refractivity contribution in [2.45, 2.75) is 26.9 Å². The summed E-state index contributed by atoms with van der Waals surface area (Å²) in [6.45, 7) is 5.63. The Hall–Kier alpha value is -1.92. The summed E-state index contributed by atoms with van der Waals surface area (Å²) >= 11 is 11.5. The van der Waals surface area contributed by atoms with Gasteiger partial charge in [0, 0.05) is 6.92 Å².